The molecule has 0 bridgehead atoms. The number of ether oxygens (including phenoxy) is 1. The smallest absolute Gasteiger partial charge is 0.254 e. The van der Waals surface area contributed by atoms with Crippen molar-refractivity contribution in [2.75, 3.05) is 13.2 Å². The molecular formula is C14H19N3O2S. The van der Waals surface area contributed by atoms with Gasteiger partial charge in [-0.15, -0.1) is 4.37 Å². The molecule has 0 aliphatic heterocycles. The second-order valence-electron chi connectivity index (χ2n) is 4.81. The molecule has 1 aromatic heterocycles. The number of aliphatic hydroxyl groups excluding tert-OH is 1. The van der Waals surface area contributed by atoms with Crippen LogP contribution < -0.4 is 10.1 Å². The standard InChI is InChI=1S/C14H19N3O2S/c1-10(2)15-8-12(18)9-19-14-13(16-20-17-14)11-6-4-3-5-7-11/h3-7,10,12,15,18H,8-9H2,1-2H3/t12-/m0/s1. The predicted molar refractivity (Wildman–Crippen MR) is 80.0 cm³/mol. The van der Waals surface area contributed by atoms with Crippen LogP contribution in [0.15, 0.2) is 30.3 Å². The SMILES string of the molecule is CC(C)NC[C@H](O)COc1nsnc1-c1ccccc1. The minimum atomic E-state index is -0.567. The van der Waals surface area contributed by atoms with E-state index in [-0.39, 0.29) is 6.61 Å². The molecule has 1 aromatic carbocycles. The normalized spacial score (nSPS) is 12.6. The third-order valence-corrected chi connectivity index (χ3v) is 3.19. The lowest BCUT2D eigenvalue weighted by Crippen LogP contribution is -2.35. The first kappa shape index (κ1) is 14.9. The lowest BCUT2D eigenvalue weighted by Gasteiger charge is -2.14. The molecule has 0 radical (unpaired) electrons. The minimum Gasteiger partial charge on any atom is -0.473 e. The maximum atomic E-state index is 9.83. The summed E-state index contributed by atoms with van der Waals surface area (Å²) in [5.74, 6) is 0.477. The van der Waals surface area contributed by atoms with Gasteiger partial charge in [-0.3, -0.25) is 0 Å². The van der Waals surface area contributed by atoms with Crippen molar-refractivity contribution in [2.24, 2.45) is 0 Å². The Bertz CT molecular complexity index is 516. The highest BCUT2D eigenvalue weighted by Gasteiger charge is 2.13. The van der Waals surface area contributed by atoms with Crippen LogP contribution in [-0.4, -0.2) is 39.2 Å². The van der Waals surface area contributed by atoms with Gasteiger partial charge >= 0.3 is 0 Å². The van der Waals surface area contributed by atoms with E-state index in [0.717, 1.165) is 23.0 Å². The Morgan fingerprint density at radius 2 is 2.00 bits per heavy atom. The largest absolute Gasteiger partial charge is 0.473 e. The molecule has 2 rings (SSSR count). The van der Waals surface area contributed by atoms with E-state index in [4.69, 9.17) is 4.74 Å². The van der Waals surface area contributed by atoms with E-state index in [1.807, 2.05) is 44.2 Å². The summed E-state index contributed by atoms with van der Waals surface area (Å²) in [6.45, 7) is 4.76. The fraction of sp³-hybridized carbons (Fsp3) is 0.429. The van der Waals surface area contributed by atoms with Crippen molar-refractivity contribution in [1.82, 2.24) is 14.1 Å². The van der Waals surface area contributed by atoms with Crippen molar-refractivity contribution in [3.05, 3.63) is 30.3 Å². The van der Waals surface area contributed by atoms with Gasteiger partial charge in [0.05, 0.1) is 11.7 Å². The number of nitrogens with one attached hydrogen (secondary N) is 1. The Kier molecular flexibility index (Phi) is 5.46. The van der Waals surface area contributed by atoms with E-state index in [1.165, 1.54) is 0 Å². The number of hydrogen-bond acceptors (Lipinski definition) is 6. The topological polar surface area (TPSA) is 67.3 Å². The van der Waals surface area contributed by atoms with Gasteiger partial charge in [0.1, 0.15) is 18.4 Å². The Labute approximate surface area is 122 Å². The number of aliphatic hydroxyl groups is 1. The van der Waals surface area contributed by atoms with E-state index in [2.05, 4.69) is 14.1 Å². The fourth-order valence-corrected chi connectivity index (χ4v) is 2.17. The van der Waals surface area contributed by atoms with Crippen LogP contribution in [0.1, 0.15) is 13.8 Å². The lowest BCUT2D eigenvalue weighted by atomic mass is 10.2. The van der Waals surface area contributed by atoms with Crippen molar-refractivity contribution < 1.29 is 9.84 Å². The summed E-state index contributed by atoms with van der Waals surface area (Å²) < 4.78 is 14.0. The van der Waals surface area contributed by atoms with Crippen LogP contribution in [0.5, 0.6) is 5.88 Å². The van der Waals surface area contributed by atoms with Crippen molar-refractivity contribution >= 4 is 11.7 Å². The van der Waals surface area contributed by atoms with Gasteiger partial charge in [0.25, 0.3) is 5.88 Å². The second-order valence-corrected chi connectivity index (χ2v) is 5.34. The summed E-state index contributed by atoms with van der Waals surface area (Å²) >= 11 is 1.11. The Hall–Kier alpha value is -1.50. The first-order valence-electron chi connectivity index (χ1n) is 6.59. The van der Waals surface area contributed by atoms with E-state index in [0.29, 0.717) is 18.5 Å². The first-order valence-corrected chi connectivity index (χ1v) is 7.32. The van der Waals surface area contributed by atoms with Crippen LogP contribution in [0.25, 0.3) is 11.3 Å². The average molecular weight is 293 g/mol. The van der Waals surface area contributed by atoms with Crippen LogP contribution >= 0.6 is 11.7 Å². The summed E-state index contributed by atoms with van der Waals surface area (Å²) in [5, 5.41) is 13.0. The summed E-state index contributed by atoms with van der Waals surface area (Å²) in [6.07, 6.45) is -0.567. The molecular weight excluding hydrogens is 274 g/mol. The molecule has 0 unspecified atom stereocenters. The Morgan fingerprint density at radius 1 is 1.25 bits per heavy atom. The highest BCUT2D eigenvalue weighted by atomic mass is 32.1. The molecule has 1 atom stereocenters. The molecule has 0 aliphatic carbocycles. The predicted octanol–water partition coefficient (Wildman–Crippen LogP) is 1.94. The van der Waals surface area contributed by atoms with Gasteiger partial charge in [-0.2, -0.15) is 4.37 Å². The van der Waals surface area contributed by atoms with Gasteiger partial charge < -0.3 is 15.2 Å². The maximum absolute atomic E-state index is 9.83. The van der Waals surface area contributed by atoms with Crippen molar-refractivity contribution in [1.29, 1.82) is 0 Å². The van der Waals surface area contributed by atoms with E-state index in [1.54, 1.807) is 0 Å². The Morgan fingerprint density at radius 3 is 2.70 bits per heavy atom. The number of nitrogens with zero attached hydrogens (tertiary/aromatic N) is 2. The molecule has 0 spiro atoms. The average Bonchev–Trinajstić information content (AvgIpc) is 2.92. The van der Waals surface area contributed by atoms with E-state index < -0.39 is 6.10 Å². The van der Waals surface area contributed by atoms with Gasteiger partial charge in [-0.1, -0.05) is 44.2 Å². The molecule has 1 heterocycles. The van der Waals surface area contributed by atoms with Crippen LogP contribution in [0.2, 0.25) is 0 Å². The molecule has 0 fully saturated rings. The number of benzene rings is 1. The van der Waals surface area contributed by atoms with Gasteiger partial charge in [-0.25, -0.2) is 0 Å². The van der Waals surface area contributed by atoms with E-state index >= 15 is 0 Å². The third kappa shape index (κ3) is 4.26. The van der Waals surface area contributed by atoms with Gasteiger partial charge in [-0.05, 0) is 0 Å². The molecule has 0 saturated carbocycles. The molecule has 0 aliphatic rings. The third-order valence-electron chi connectivity index (χ3n) is 2.68. The van der Waals surface area contributed by atoms with Crippen LogP contribution in [0.3, 0.4) is 0 Å². The van der Waals surface area contributed by atoms with Gasteiger partial charge in [0.2, 0.25) is 0 Å². The lowest BCUT2D eigenvalue weighted by molar-refractivity contribution is 0.103. The zero-order valence-electron chi connectivity index (χ0n) is 11.6. The Balaban J connectivity index is 1.93. The molecule has 108 valence electrons. The molecule has 0 saturated heterocycles. The molecule has 2 N–H and O–H groups in total. The van der Waals surface area contributed by atoms with Gasteiger partial charge in [0.15, 0.2) is 0 Å². The quantitative estimate of drug-likeness (QED) is 0.816. The molecule has 6 heteroatoms. The fourth-order valence-electron chi connectivity index (χ4n) is 1.65. The van der Waals surface area contributed by atoms with Crippen LogP contribution in [-0.2, 0) is 0 Å². The monoisotopic (exact) mass is 293 g/mol. The molecule has 5 nitrogen and oxygen atoms in total. The summed E-state index contributed by atoms with van der Waals surface area (Å²) in [6, 6.07) is 10.1. The number of hydrogen-bond donors (Lipinski definition) is 2. The first-order chi connectivity index (χ1) is 9.66. The summed E-state index contributed by atoms with van der Waals surface area (Å²) in [5.41, 5.74) is 1.69. The number of aromatic nitrogens is 2. The maximum Gasteiger partial charge on any atom is 0.254 e. The summed E-state index contributed by atoms with van der Waals surface area (Å²) in [4.78, 5) is 0. The minimum absolute atomic E-state index is 0.199. The van der Waals surface area contributed by atoms with Crippen molar-refractivity contribution in [3.8, 4) is 17.1 Å². The zero-order chi connectivity index (χ0) is 14.4. The molecule has 0 amide bonds. The summed E-state index contributed by atoms with van der Waals surface area (Å²) in [7, 11) is 0. The zero-order valence-corrected chi connectivity index (χ0v) is 12.4. The van der Waals surface area contributed by atoms with E-state index in [9.17, 15) is 5.11 Å². The van der Waals surface area contributed by atoms with Crippen molar-refractivity contribution in [3.63, 3.8) is 0 Å². The number of rotatable bonds is 7. The van der Waals surface area contributed by atoms with Crippen LogP contribution in [0, 0.1) is 0 Å². The second kappa shape index (κ2) is 7.33. The molecule has 20 heavy (non-hydrogen) atoms. The van der Waals surface area contributed by atoms with Crippen LogP contribution in [0.4, 0.5) is 0 Å². The highest BCUT2D eigenvalue weighted by molar-refractivity contribution is 6.99. The van der Waals surface area contributed by atoms with Crippen molar-refractivity contribution in [2.45, 2.75) is 26.0 Å². The van der Waals surface area contributed by atoms with Gasteiger partial charge in [0, 0.05) is 18.2 Å². The molecule has 2 aromatic rings. The highest BCUT2D eigenvalue weighted by Crippen LogP contribution is 2.27.